The van der Waals surface area contributed by atoms with E-state index >= 15 is 0 Å². The minimum absolute atomic E-state index is 0.00649. The largest absolute Gasteiger partial charge is 0.418 e. The average Bonchev–Trinajstić information content (AvgIpc) is 2.65. The van der Waals surface area contributed by atoms with Crippen LogP contribution in [0.25, 0.3) is 0 Å². The monoisotopic (exact) mass is 394 g/mol. The smallest absolute Gasteiger partial charge is 0.338 e. The SMILES string of the molecule is O=C(Nc1ccc(F)c(F)c1)c1cnc(Nc2ccccc2C(F)(F)F)cn1. The number of carbonyl (C=O) groups excluding carboxylic acids is 1. The molecule has 2 aromatic carbocycles. The molecule has 0 saturated heterocycles. The molecule has 0 aliphatic rings. The number of amides is 1. The number of benzene rings is 2. The van der Waals surface area contributed by atoms with Crippen molar-refractivity contribution in [1.29, 1.82) is 0 Å². The fourth-order valence-corrected chi connectivity index (χ4v) is 2.26. The summed E-state index contributed by atoms with van der Waals surface area (Å²) < 4.78 is 65.1. The van der Waals surface area contributed by atoms with E-state index in [4.69, 9.17) is 0 Å². The highest BCUT2D eigenvalue weighted by Crippen LogP contribution is 2.35. The highest BCUT2D eigenvalue weighted by atomic mass is 19.4. The first-order valence-corrected chi connectivity index (χ1v) is 7.76. The highest BCUT2D eigenvalue weighted by molar-refractivity contribution is 6.02. The molecule has 5 nitrogen and oxygen atoms in total. The number of nitrogens with one attached hydrogen (secondary N) is 2. The lowest BCUT2D eigenvalue weighted by Crippen LogP contribution is -2.15. The molecule has 1 heterocycles. The average molecular weight is 394 g/mol. The molecule has 144 valence electrons. The van der Waals surface area contributed by atoms with E-state index in [1.807, 2.05) is 0 Å². The van der Waals surface area contributed by atoms with Crippen LogP contribution in [0.1, 0.15) is 16.1 Å². The number of hydrogen-bond acceptors (Lipinski definition) is 4. The Hall–Kier alpha value is -3.56. The molecule has 0 fully saturated rings. The van der Waals surface area contributed by atoms with Crippen LogP contribution in [0.3, 0.4) is 0 Å². The van der Waals surface area contributed by atoms with E-state index in [9.17, 15) is 26.7 Å². The van der Waals surface area contributed by atoms with Crippen molar-refractivity contribution in [2.75, 3.05) is 10.6 Å². The number of para-hydroxylation sites is 1. The normalized spacial score (nSPS) is 11.2. The Labute approximate surface area is 155 Å². The molecule has 0 aliphatic carbocycles. The van der Waals surface area contributed by atoms with E-state index in [2.05, 4.69) is 20.6 Å². The number of anilines is 3. The molecule has 10 heteroatoms. The molecule has 1 aromatic heterocycles. The molecule has 0 saturated carbocycles. The van der Waals surface area contributed by atoms with E-state index < -0.39 is 29.3 Å². The van der Waals surface area contributed by atoms with Gasteiger partial charge < -0.3 is 10.6 Å². The van der Waals surface area contributed by atoms with Gasteiger partial charge in [0.05, 0.1) is 23.6 Å². The van der Waals surface area contributed by atoms with Gasteiger partial charge >= 0.3 is 6.18 Å². The molecule has 3 aromatic rings. The van der Waals surface area contributed by atoms with Crippen LogP contribution in [-0.4, -0.2) is 15.9 Å². The lowest BCUT2D eigenvalue weighted by atomic mass is 10.1. The van der Waals surface area contributed by atoms with Crippen molar-refractivity contribution in [3.8, 4) is 0 Å². The number of alkyl halides is 3. The topological polar surface area (TPSA) is 66.9 Å². The van der Waals surface area contributed by atoms with Crippen LogP contribution in [-0.2, 0) is 6.18 Å². The lowest BCUT2D eigenvalue weighted by molar-refractivity contribution is -0.136. The fraction of sp³-hybridized carbons (Fsp3) is 0.0556. The van der Waals surface area contributed by atoms with Crippen LogP contribution in [0.5, 0.6) is 0 Å². The van der Waals surface area contributed by atoms with Gasteiger partial charge in [0, 0.05) is 11.8 Å². The Balaban J connectivity index is 1.73. The summed E-state index contributed by atoms with van der Waals surface area (Å²) in [5.74, 6) is -2.96. The van der Waals surface area contributed by atoms with Crippen molar-refractivity contribution >= 4 is 23.1 Å². The van der Waals surface area contributed by atoms with Gasteiger partial charge in [-0.25, -0.2) is 18.7 Å². The third kappa shape index (κ3) is 4.40. The van der Waals surface area contributed by atoms with Gasteiger partial charge in [0.2, 0.25) is 0 Å². The van der Waals surface area contributed by atoms with Gasteiger partial charge in [0.15, 0.2) is 11.6 Å². The maximum Gasteiger partial charge on any atom is 0.418 e. The van der Waals surface area contributed by atoms with Crippen LogP contribution in [0.4, 0.5) is 39.1 Å². The number of rotatable bonds is 4. The summed E-state index contributed by atoms with van der Waals surface area (Å²) >= 11 is 0. The van der Waals surface area contributed by atoms with Gasteiger partial charge in [0.25, 0.3) is 5.91 Å². The van der Waals surface area contributed by atoms with Crippen LogP contribution in [0, 0.1) is 11.6 Å². The van der Waals surface area contributed by atoms with Crippen LogP contribution >= 0.6 is 0 Å². The Morgan fingerprint density at radius 3 is 2.32 bits per heavy atom. The predicted molar refractivity (Wildman–Crippen MR) is 91.1 cm³/mol. The van der Waals surface area contributed by atoms with Crippen molar-refractivity contribution in [1.82, 2.24) is 9.97 Å². The second-order valence-electron chi connectivity index (χ2n) is 5.54. The zero-order chi connectivity index (χ0) is 20.3. The van der Waals surface area contributed by atoms with Crippen molar-refractivity contribution in [3.63, 3.8) is 0 Å². The summed E-state index contributed by atoms with van der Waals surface area (Å²) in [4.78, 5) is 19.7. The van der Waals surface area contributed by atoms with Gasteiger partial charge in [-0.05, 0) is 24.3 Å². The zero-order valence-corrected chi connectivity index (χ0v) is 13.9. The van der Waals surface area contributed by atoms with Gasteiger partial charge in [-0.1, -0.05) is 12.1 Å². The predicted octanol–water partition coefficient (Wildman–Crippen LogP) is 4.77. The molecule has 28 heavy (non-hydrogen) atoms. The number of carbonyl (C=O) groups is 1. The molecule has 1 amide bonds. The standard InChI is InChI=1S/C18H11F5N4O/c19-12-6-5-10(7-13(12)20)26-17(28)15-8-25-16(9-24-15)27-14-4-2-1-3-11(14)18(21,22)23/h1-9H,(H,25,27)(H,26,28). The Morgan fingerprint density at radius 2 is 1.68 bits per heavy atom. The summed E-state index contributed by atoms with van der Waals surface area (Å²) in [6.45, 7) is 0. The summed E-state index contributed by atoms with van der Waals surface area (Å²) in [6.07, 6.45) is -2.44. The number of halogens is 5. The Kier molecular flexibility index (Phi) is 5.21. The molecule has 0 radical (unpaired) electrons. The maximum absolute atomic E-state index is 13.2. The minimum atomic E-state index is -4.55. The fourth-order valence-electron chi connectivity index (χ4n) is 2.26. The van der Waals surface area contributed by atoms with Crippen molar-refractivity contribution in [2.24, 2.45) is 0 Å². The van der Waals surface area contributed by atoms with Gasteiger partial charge in [-0.2, -0.15) is 13.2 Å². The van der Waals surface area contributed by atoms with Crippen molar-refractivity contribution in [2.45, 2.75) is 6.18 Å². The van der Waals surface area contributed by atoms with Gasteiger partial charge in [-0.3, -0.25) is 4.79 Å². The molecule has 0 aliphatic heterocycles. The zero-order valence-electron chi connectivity index (χ0n) is 13.9. The molecule has 0 bridgehead atoms. The van der Waals surface area contributed by atoms with Gasteiger partial charge in [0.1, 0.15) is 11.5 Å². The first-order chi connectivity index (χ1) is 13.2. The summed E-state index contributed by atoms with van der Waals surface area (Å²) in [5, 5.41) is 4.80. The Morgan fingerprint density at radius 1 is 0.929 bits per heavy atom. The van der Waals surface area contributed by atoms with E-state index in [0.717, 1.165) is 36.7 Å². The van der Waals surface area contributed by atoms with Crippen LogP contribution < -0.4 is 10.6 Å². The van der Waals surface area contributed by atoms with Crippen molar-refractivity contribution in [3.05, 3.63) is 77.8 Å². The quantitative estimate of drug-likeness (QED) is 0.626. The maximum atomic E-state index is 13.2. The molecule has 0 atom stereocenters. The lowest BCUT2D eigenvalue weighted by Gasteiger charge is -2.13. The first kappa shape index (κ1) is 19.2. The summed E-state index contributed by atoms with van der Waals surface area (Å²) in [6, 6.07) is 7.63. The summed E-state index contributed by atoms with van der Waals surface area (Å²) in [7, 11) is 0. The molecular weight excluding hydrogens is 383 g/mol. The number of hydrogen-bond donors (Lipinski definition) is 2. The first-order valence-electron chi connectivity index (χ1n) is 7.76. The van der Waals surface area contributed by atoms with E-state index in [0.29, 0.717) is 0 Å². The van der Waals surface area contributed by atoms with Crippen molar-refractivity contribution < 1.29 is 26.7 Å². The third-order valence-corrected chi connectivity index (χ3v) is 3.56. The van der Waals surface area contributed by atoms with E-state index in [-0.39, 0.29) is 22.9 Å². The van der Waals surface area contributed by atoms with Crippen LogP contribution in [0.2, 0.25) is 0 Å². The second kappa shape index (κ2) is 7.59. The minimum Gasteiger partial charge on any atom is -0.338 e. The highest BCUT2D eigenvalue weighted by Gasteiger charge is 2.33. The second-order valence-corrected chi connectivity index (χ2v) is 5.54. The molecule has 3 rings (SSSR count). The third-order valence-electron chi connectivity index (χ3n) is 3.56. The molecular formula is C18H11F5N4O. The van der Waals surface area contributed by atoms with Crippen LogP contribution in [0.15, 0.2) is 54.9 Å². The molecule has 0 spiro atoms. The van der Waals surface area contributed by atoms with E-state index in [1.165, 1.54) is 18.2 Å². The summed E-state index contributed by atoms with van der Waals surface area (Å²) in [5.41, 5.74) is -1.26. The molecule has 0 unspecified atom stereocenters. The Bertz CT molecular complexity index is 1010. The van der Waals surface area contributed by atoms with Gasteiger partial charge in [-0.15, -0.1) is 0 Å². The molecule has 2 N–H and O–H groups in total. The number of aromatic nitrogens is 2. The number of nitrogens with zero attached hydrogens (tertiary/aromatic N) is 2. The van der Waals surface area contributed by atoms with E-state index in [1.54, 1.807) is 0 Å².